The second-order valence-electron chi connectivity index (χ2n) is 9.15. The number of thiazole rings is 1. The van der Waals surface area contributed by atoms with Gasteiger partial charge in [0.1, 0.15) is 0 Å². The van der Waals surface area contributed by atoms with Crippen LogP contribution in [0, 0.1) is 0 Å². The molecule has 2 fully saturated rings. The summed E-state index contributed by atoms with van der Waals surface area (Å²) in [5.41, 5.74) is 3.12. The zero-order valence-corrected chi connectivity index (χ0v) is 19.4. The number of aromatic nitrogens is 1. The summed E-state index contributed by atoms with van der Waals surface area (Å²) in [6.07, 6.45) is 7.34. The van der Waals surface area contributed by atoms with Gasteiger partial charge in [0.15, 0.2) is 0 Å². The SMILES string of the molecule is CC(C)(C)c1nc2cc(N3CCCCC3)c(NC(=O)SN3CCCCC3)cc2s1. The fourth-order valence-corrected chi connectivity index (χ4v) is 5.86. The molecular formula is C22H32N4OS2. The van der Waals surface area contributed by atoms with Crippen molar-refractivity contribution in [3.8, 4) is 0 Å². The van der Waals surface area contributed by atoms with E-state index in [1.54, 1.807) is 11.3 Å². The summed E-state index contributed by atoms with van der Waals surface area (Å²) in [5.74, 6) is 0. The number of nitrogens with one attached hydrogen (secondary N) is 1. The van der Waals surface area contributed by atoms with E-state index in [4.69, 9.17) is 4.98 Å². The average molecular weight is 433 g/mol. The normalized spacial score (nSPS) is 18.9. The van der Waals surface area contributed by atoms with Gasteiger partial charge in [0.2, 0.25) is 0 Å². The Balaban J connectivity index is 1.62. The quantitative estimate of drug-likeness (QED) is 0.581. The highest BCUT2D eigenvalue weighted by atomic mass is 32.2. The number of nitrogens with zero attached hydrogens (tertiary/aromatic N) is 3. The summed E-state index contributed by atoms with van der Waals surface area (Å²) in [5, 5.41) is 4.38. The van der Waals surface area contributed by atoms with Crippen LogP contribution in [0.25, 0.3) is 10.2 Å². The van der Waals surface area contributed by atoms with Crippen LogP contribution in [0.1, 0.15) is 64.3 Å². The summed E-state index contributed by atoms with van der Waals surface area (Å²) >= 11 is 3.08. The van der Waals surface area contributed by atoms with Crippen LogP contribution in [0.5, 0.6) is 0 Å². The van der Waals surface area contributed by atoms with Gasteiger partial charge in [-0.05, 0) is 44.2 Å². The van der Waals surface area contributed by atoms with Crippen molar-refractivity contribution in [2.75, 3.05) is 36.4 Å². The maximum Gasteiger partial charge on any atom is 0.298 e. The number of piperidine rings is 2. The molecule has 4 rings (SSSR count). The molecule has 2 aliphatic heterocycles. The van der Waals surface area contributed by atoms with Crippen LogP contribution in [0.2, 0.25) is 0 Å². The lowest BCUT2D eigenvalue weighted by atomic mass is 9.98. The molecule has 0 bridgehead atoms. The third kappa shape index (κ3) is 5.06. The van der Waals surface area contributed by atoms with Crippen molar-refractivity contribution in [2.45, 2.75) is 64.7 Å². The lowest BCUT2D eigenvalue weighted by Crippen LogP contribution is -2.30. The molecule has 29 heavy (non-hydrogen) atoms. The molecule has 2 aromatic rings. The fourth-order valence-electron chi connectivity index (χ4n) is 3.99. The smallest absolute Gasteiger partial charge is 0.298 e. The molecule has 2 saturated heterocycles. The molecule has 1 N–H and O–H groups in total. The van der Waals surface area contributed by atoms with E-state index in [-0.39, 0.29) is 10.7 Å². The molecule has 0 aliphatic carbocycles. The maximum absolute atomic E-state index is 12.8. The van der Waals surface area contributed by atoms with Gasteiger partial charge < -0.3 is 10.2 Å². The molecule has 0 spiro atoms. The van der Waals surface area contributed by atoms with Crippen molar-refractivity contribution >= 4 is 50.1 Å². The number of fused-ring (bicyclic) bond motifs is 1. The summed E-state index contributed by atoms with van der Waals surface area (Å²) in [4.78, 5) is 20.1. The van der Waals surface area contributed by atoms with Gasteiger partial charge in [-0.25, -0.2) is 9.29 Å². The van der Waals surface area contributed by atoms with E-state index >= 15 is 0 Å². The maximum atomic E-state index is 12.8. The predicted molar refractivity (Wildman–Crippen MR) is 126 cm³/mol. The molecule has 1 aromatic carbocycles. The number of anilines is 2. The third-order valence-corrected chi connectivity index (χ3v) is 7.94. The van der Waals surface area contributed by atoms with Crippen molar-refractivity contribution in [3.63, 3.8) is 0 Å². The summed E-state index contributed by atoms with van der Waals surface area (Å²) in [6.45, 7) is 10.7. The van der Waals surface area contributed by atoms with Crippen LogP contribution in [-0.4, -0.2) is 40.7 Å². The summed E-state index contributed by atoms with van der Waals surface area (Å²) in [6, 6.07) is 4.33. The molecule has 1 amide bonds. The van der Waals surface area contributed by atoms with Gasteiger partial charge in [-0.3, -0.25) is 4.79 Å². The van der Waals surface area contributed by atoms with Crippen LogP contribution < -0.4 is 10.2 Å². The van der Waals surface area contributed by atoms with Gasteiger partial charge in [-0.15, -0.1) is 11.3 Å². The minimum absolute atomic E-state index is 0.0186. The highest BCUT2D eigenvalue weighted by Gasteiger charge is 2.23. The molecule has 0 saturated carbocycles. The van der Waals surface area contributed by atoms with E-state index in [1.165, 1.54) is 50.5 Å². The molecule has 2 aliphatic rings. The standard InChI is InChI=1S/C22H32N4OS2/c1-22(2,3)20-23-17-14-18(25-10-6-4-7-11-25)16(15-19(17)28-20)24-21(27)29-26-12-8-5-9-13-26/h14-15H,4-13H2,1-3H3,(H,24,27). The van der Waals surface area contributed by atoms with E-state index in [9.17, 15) is 4.79 Å². The molecule has 0 atom stereocenters. The Morgan fingerprint density at radius 2 is 1.69 bits per heavy atom. The molecule has 3 heterocycles. The van der Waals surface area contributed by atoms with E-state index in [0.29, 0.717) is 0 Å². The van der Waals surface area contributed by atoms with Crippen LogP contribution >= 0.6 is 23.3 Å². The monoisotopic (exact) mass is 432 g/mol. The van der Waals surface area contributed by atoms with Gasteiger partial charge in [-0.2, -0.15) is 0 Å². The first-order valence-electron chi connectivity index (χ1n) is 10.8. The van der Waals surface area contributed by atoms with Gasteiger partial charge >= 0.3 is 0 Å². The van der Waals surface area contributed by atoms with Crippen molar-refractivity contribution in [3.05, 3.63) is 17.1 Å². The molecule has 7 heteroatoms. The van der Waals surface area contributed by atoms with Crippen molar-refractivity contribution in [1.82, 2.24) is 9.29 Å². The molecule has 0 unspecified atom stereocenters. The number of carbonyl (C=O) groups excluding carboxylic acids is 1. The van der Waals surface area contributed by atoms with Crippen LogP contribution in [0.3, 0.4) is 0 Å². The average Bonchev–Trinajstić information content (AvgIpc) is 3.12. The van der Waals surface area contributed by atoms with Crippen molar-refractivity contribution in [2.24, 2.45) is 0 Å². The Hall–Kier alpha value is -1.31. The minimum atomic E-state index is 0.0186. The van der Waals surface area contributed by atoms with E-state index in [0.717, 1.165) is 52.8 Å². The van der Waals surface area contributed by atoms with Gasteiger partial charge in [0.05, 0.1) is 26.6 Å². The topological polar surface area (TPSA) is 48.5 Å². The van der Waals surface area contributed by atoms with Crippen LogP contribution in [0.4, 0.5) is 16.2 Å². The Kier molecular flexibility index (Phi) is 6.37. The summed E-state index contributed by atoms with van der Waals surface area (Å²) < 4.78 is 3.34. The second-order valence-corrected chi connectivity index (χ2v) is 11.2. The Morgan fingerprint density at radius 1 is 1.03 bits per heavy atom. The Bertz CT molecular complexity index is 862. The van der Waals surface area contributed by atoms with Crippen molar-refractivity contribution < 1.29 is 4.79 Å². The second kappa shape index (κ2) is 8.82. The predicted octanol–water partition coefficient (Wildman–Crippen LogP) is 6.25. The zero-order valence-electron chi connectivity index (χ0n) is 17.8. The first-order valence-corrected chi connectivity index (χ1v) is 12.4. The zero-order chi connectivity index (χ0) is 20.4. The number of carbonyl (C=O) groups is 1. The highest BCUT2D eigenvalue weighted by Crippen LogP contribution is 2.38. The number of amides is 1. The van der Waals surface area contributed by atoms with E-state index in [1.807, 2.05) is 0 Å². The van der Waals surface area contributed by atoms with Crippen LogP contribution in [-0.2, 0) is 5.41 Å². The van der Waals surface area contributed by atoms with Gasteiger partial charge in [-0.1, -0.05) is 27.2 Å². The van der Waals surface area contributed by atoms with Crippen LogP contribution in [0.15, 0.2) is 12.1 Å². The van der Waals surface area contributed by atoms with E-state index < -0.39 is 0 Å². The molecule has 5 nitrogen and oxygen atoms in total. The third-order valence-electron chi connectivity index (χ3n) is 5.61. The van der Waals surface area contributed by atoms with Crippen molar-refractivity contribution in [1.29, 1.82) is 0 Å². The summed E-state index contributed by atoms with van der Waals surface area (Å²) in [7, 11) is 0. The number of benzene rings is 1. The Labute approximate surface area is 182 Å². The largest absolute Gasteiger partial charge is 0.370 e. The number of hydrogen-bond donors (Lipinski definition) is 1. The Morgan fingerprint density at radius 3 is 2.34 bits per heavy atom. The molecule has 1 aromatic heterocycles. The number of rotatable bonds is 3. The molecular weight excluding hydrogens is 400 g/mol. The highest BCUT2D eigenvalue weighted by molar-refractivity contribution is 8.11. The lowest BCUT2D eigenvalue weighted by Gasteiger charge is -2.31. The van der Waals surface area contributed by atoms with Gasteiger partial charge in [0.25, 0.3) is 5.24 Å². The molecule has 0 radical (unpaired) electrons. The lowest BCUT2D eigenvalue weighted by molar-refractivity contribution is 0.268. The fraction of sp³-hybridized carbons (Fsp3) is 0.636. The first-order chi connectivity index (χ1) is 13.9. The first kappa shape index (κ1) is 20.9. The molecule has 158 valence electrons. The number of hydrogen-bond acceptors (Lipinski definition) is 6. The van der Waals surface area contributed by atoms with Gasteiger partial charge in [0, 0.05) is 43.5 Å². The minimum Gasteiger partial charge on any atom is -0.370 e. The van der Waals surface area contributed by atoms with E-state index in [2.05, 4.69) is 47.4 Å².